The van der Waals surface area contributed by atoms with Crippen LogP contribution < -0.4 is 0 Å². The van der Waals surface area contributed by atoms with Crippen molar-refractivity contribution < 1.29 is 0 Å². The lowest BCUT2D eigenvalue weighted by Gasteiger charge is -2.05. The first-order valence-corrected chi connectivity index (χ1v) is 4.53. The topological polar surface area (TPSA) is 15.6 Å². The van der Waals surface area contributed by atoms with E-state index in [1.54, 1.807) is 0 Å². The summed E-state index contributed by atoms with van der Waals surface area (Å²) in [6, 6.07) is 0.606. The zero-order chi connectivity index (χ0) is 7.14. The number of hydrogen-bond donors (Lipinski definition) is 0. The van der Waals surface area contributed by atoms with E-state index in [1.807, 2.05) is 11.8 Å². The van der Waals surface area contributed by atoms with E-state index in [-0.39, 0.29) is 0 Å². The van der Waals surface area contributed by atoms with Crippen molar-refractivity contribution in [1.29, 1.82) is 0 Å². The molecule has 2 atom stereocenters. The van der Waals surface area contributed by atoms with Gasteiger partial charge in [0.25, 0.3) is 0 Å². The summed E-state index contributed by atoms with van der Waals surface area (Å²) in [5.74, 6) is 0. The summed E-state index contributed by atoms with van der Waals surface area (Å²) in [6.07, 6.45) is 0. The highest BCUT2D eigenvalue weighted by atomic mass is 32.2. The van der Waals surface area contributed by atoms with Gasteiger partial charge in [0.05, 0.1) is 11.1 Å². The second kappa shape index (κ2) is 2.24. The first-order valence-electron chi connectivity index (χ1n) is 3.65. The smallest absolute Gasteiger partial charge is 0.0770 e. The van der Waals surface area contributed by atoms with Gasteiger partial charge in [0.15, 0.2) is 0 Å². The average molecular weight is 156 g/mol. The molecule has 1 saturated heterocycles. The van der Waals surface area contributed by atoms with Crippen LogP contribution >= 0.6 is 11.8 Å². The van der Waals surface area contributed by atoms with E-state index in [0.29, 0.717) is 6.04 Å². The van der Waals surface area contributed by atoms with Crippen molar-refractivity contribution in [3.05, 3.63) is 0 Å². The molecule has 0 saturated carbocycles. The number of likely N-dealkylation sites (N-methyl/N-ethyl adjacent to an activating group) is 1. The Hall–Kier alpha value is -0.0200. The Morgan fingerprint density at radius 2 is 2.40 bits per heavy atom. The monoisotopic (exact) mass is 156 g/mol. The third kappa shape index (κ3) is 0.974. The Morgan fingerprint density at radius 1 is 1.60 bits per heavy atom. The van der Waals surface area contributed by atoms with Crippen molar-refractivity contribution >= 4 is 16.8 Å². The minimum atomic E-state index is 0.606. The highest BCUT2D eigenvalue weighted by Crippen LogP contribution is 2.31. The molecule has 2 heterocycles. The normalized spacial score (nSPS) is 40.0. The summed E-state index contributed by atoms with van der Waals surface area (Å²) >= 11 is 1.95. The maximum absolute atomic E-state index is 4.54. The lowest BCUT2D eigenvalue weighted by Crippen LogP contribution is -2.15. The summed E-state index contributed by atoms with van der Waals surface area (Å²) in [5.41, 5.74) is 0. The van der Waals surface area contributed by atoms with Gasteiger partial charge in [-0.1, -0.05) is 0 Å². The molecule has 0 aliphatic carbocycles. The van der Waals surface area contributed by atoms with Crippen molar-refractivity contribution in [3.8, 4) is 0 Å². The van der Waals surface area contributed by atoms with E-state index in [9.17, 15) is 0 Å². The van der Waals surface area contributed by atoms with E-state index in [0.717, 1.165) is 11.8 Å². The SMILES string of the molecule is CC1=NC2CN(C)CC2S1. The van der Waals surface area contributed by atoms with E-state index >= 15 is 0 Å². The maximum Gasteiger partial charge on any atom is 0.0770 e. The van der Waals surface area contributed by atoms with Crippen LogP contribution in [0.5, 0.6) is 0 Å². The molecule has 0 spiro atoms. The van der Waals surface area contributed by atoms with Crippen LogP contribution in [0.1, 0.15) is 6.92 Å². The van der Waals surface area contributed by atoms with Gasteiger partial charge in [-0.15, -0.1) is 11.8 Å². The van der Waals surface area contributed by atoms with E-state index in [4.69, 9.17) is 0 Å². The molecule has 56 valence electrons. The van der Waals surface area contributed by atoms with Gasteiger partial charge in [0.1, 0.15) is 0 Å². The molecule has 0 amide bonds. The Morgan fingerprint density at radius 3 is 3.10 bits per heavy atom. The molecule has 2 aliphatic rings. The highest BCUT2D eigenvalue weighted by Gasteiger charge is 2.35. The lowest BCUT2D eigenvalue weighted by atomic mass is 10.3. The fourth-order valence-electron chi connectivity index (χ4n) is 1.66. The fourth-order valence-corrected chi connectivity index (χ4v) is 2.93. The summed E-state index contributed by atoms with van der Waals surface area (Å²) < 4.78 is 0. The molecule has 2 rings (SSSR count). The molecule has 0 bridgehead atoms. The first-order chi connectivity index (χ1) is 4.75. The van der Waals surface area contributed by atoms with Crippen molar-refractivity contribution in [3.63, 3.8) is 0 Å². The molecule has 0 radical (unpaired) electrons. The number of fused-ring (bicyclic) bond motifs is 1. The molecule has 2 nitrogen and oxygen atoms in total. The Balaban J connectivity index is 2.10. The molecular formula is C7H12N2S. The van der Waals surface area contributed by atoms with Gasteiger partial charge in [0.2, 0.25) is 0 Å². The maximum atomic E-state index is 4.54. The second-order valence-corrected chi connectivity index (χ2v) is 4.53. The third-order valence-electron chi connectivity index (χ3n) is 2.09. The largest absolute Gasteiger partial charge is 0.303 e. The van der Waals surface area contributed by atoms with Crippen LogP contribution in [0.2, 0.25) is 0 Å². The number of nitrogens with zero attached hydrogens (tertiary/aromatic N) is 2. The van der Waals surface area contributed by atoms with Crippen molar-refractivity contribution in [2.45, 2.75) is 18.2 Å². The van der Waals surface area contributed by atoms with Gasteiger partial charge >= 0.3 is 0 Å². The second-order valence-electron chi connectivity index (χ2n) is 3.09. The summed E-state index contributed by atoms with van der Waals surface area (Å²) in [5, 5.41) is 2.05. The Labute approximate surface area is 65.7 Å². The summed E-state index contributed by atoms with van der Waals surface area (Å²) in [7, 11) is 2.17. The van der Waals surface area contributed by atoms with E-state index in [2.05, 4.69) is 23.9 Å². The van der Waals surface area contributed by atoms with Crippen LogP contribution in [0.4, 0.5) is 0 Å². The quantitative estimate of drug-likeness (QED) is 0.516. The van der Waals surface area contributed by atoms with Gasteiger partial charge < -0.3 is 4.90 Å². The number of aliphatic imine (C=N–C) groups is 1. The van der Waals surface area contributed by atoms with Crippen LogP contribution in [0.25, 0.3) is 0 Å². The van der Waals surface area contributed by atoms with Crippen molar-refractivity contribution in [2.24, 2.45) is 4.99 Å². The molecule has 3 heteroatoms. The van der Waals surface area contributed by atoms with E-state index < -0.39 is 0 Å². The van der Waals surface area contributed by atoms with Crippen molar-refractivity contribution in [2.75, 3.05) is 20.1 Å². The highest BCUT2D eigenvalue weighted by molar-refractivity contribution is 8.14. The standard InChI is InChI=1S/C7H12N2S/c1-5-8-6-3-9(2)4-7(6)10-5/h6-7H,3-4H2,1-2H3. The number of rotatable bonds is 0. The minimum absolute atomic E-state index is 0.606. The Bertz CT molecular complexity index is 178. The molecule has 0 aromatic rings. The molecule has 0 aromatic heterocycles. The molecule has 2 aliphatic heterocycles. The Kier molecular flexibility index (Phi) is 1.49. The van der Waals surface area contributed by atoms with Crippen LogP contribution in [0.15, 0.2) is 4.99 Å². The third-order valence-corrected chi connectivity index (χ3v) is 3.30. The molecular weight excluding hydrogens is 144 g/mol. The van der Waals surface area contributed by atoms with Gasteiger partial charge in [-0.3, -0.25) is 4.99 Å². The van der Waals surface area contributed by atoms with Gasteiger partial charge in [-0.25, -0.2) is 0 Å². The predicted octanol–water partition coefficient (Wildman–Crippen LogP) is 0.834. The summed E-state index contributed by atoms with van der Waals surface area (Å²) in [6.45, 7) is 4.49. The van der Waals surface area contributed by atoms with Crippen LogP contribution in [-0.2, 0) is 0 Å². The molecule has 10 heavy (non-hydrogen) atoms. The predicted molar refractivity (Wildman–Crippen MR) is 45.8 cm³/mol. The number of thioether (sulfide) groups is 1. The zero-order valence-electron chi connectivity index (χ0n) is 6.37. The number of likely N-dealkylation sites (tertiary alicyclic amines) is 1. The van der Waals surface area contributed by atoms with Gasteiger partial charge in [0, 0.05) is 18.3 Å². The molecule has 0 aromatic carbocycles. The van der Waals surface area contributed by atoms with Crippen molar-refractivity contribution in [1.82, 2.24) is 4.90 Å². The number of hydrogen-bond acceptors (Lipinski definition) is 3. The molecule has 1 fully saturated rings. The summed E-state index contributed by atoms with van der Waals surface area (Å²) in [4.78, 5) is 6.90. The first kappa shape index (κ1) is 6.68. The average Bonchev–Trinajstić information content (AvgIpc) is 2.21. The van der Waals surface area contributed by atoms with Crippen LogP contribution in [0.3, 0.4) is 0 Å². The van der Waals surface area contributed by atoms with Gasteiger partial charge in [-0.05, 0) is 14.0 Å². The molecule has 2 unspecified atom stereocenters. The minimum Gasteiger partial charge on any atom is -0.303 e. The van der Waals surface area contributed by atoms with Gasteiger partial charge in [-0.2, -0.15) is 0 Å². The van der Waals surface area contributed by atoms with Crippen LogP contribution in [-0.4, -0.2) is 41.4 Å². The van der Waals surface area contributed by atoms with E-state index in [1.165, 1.54) is 11.6 Å². The lowest BCUT2D eigenvalue weighted by molar-refractivity contribution is 0.412. The molecule has 0 N–H and O–H groups in total. The van der Waals surface area contributed by atoms with Crippen LogP contribution in [0, 0.1) is 0 Å². The zero-order valence-corrected chi connectivity index (χ0v) is 7.19. The fraction of sp³-hybridized carbons (Fsp3) is 0.857.